The number of carbonyl (C=O) groups is 2. The molecule has 0 bridgehead atoms. The fourth-order valence-corrected chi connectivity index (χ4v) is 5.46. The number of hydrogen-bond donors (Lipinski definition) is 4. The molecule has 0 atom stereocenters. The Balaban J connectivity index is 0.00000287. The van der Waals surface area contributed by atoms with Crippen LogP contribution in [-0.4, -0.2) is 39.9 Å². The quantitative estimate of drug-likeness (QED) is 0.0646. The van der Waals surface area contributed by atoms with Crippen LogP contribution in [0.1, 0.15) is 75.7 Å². The van der Waals surface area contributed by atoms with Gasteiger partial charge in [-0.25, -0.2) is 11.4 Å². The first-order chi connectivity index (χ1) is 19.4. The Hall–Kier alpha value is -3.32. The number of carbonyl (C=O) groups excluding carboxylic acids is 2. The number of nitrogens with one attached hydrogen (secondary N) is 2. The predicted octanol–water partition coefficient (Wildman–Crippen LogP) is 4.77. The van der Waals surface area contributed by atoms with Crippen LogP contribution in [0.5, 0.6) is 0 Å². The number of amides is 2. The second kappa shape index (κ2) is 15.1. The van der Waals surface area contributed by atoms with Gasteiger partial charge in [-0.1, -0.05) is 57.5 Å². The van der Waals surface area contributed by atoms with Gasteiger partial charge in [0.2, 0.25) is 5.96 Å². The van der Waals surface area contributed by atoms with Gasteiger partial charge in [0, 0.05) is 28.6 Å². The summed E-state index contributed by atoms with van der Waals surface area (Å²) in [6, 6.07) is 7.02. The van der Waals surface area contributed by atoms with Gasteiger partial charge in [0.15, 0.2) is 0 Å². The second-order valence-corrected chi connectivity index (χ2v) is 11.8. The summed E-state index contributed by atoms with van der Waals surface area (Å²) in [6.07, 6.45) is 15.7. The Morgan fingerprint density at radius 2 is 1.85 bits per heavy atom. The third-order valence-corrected chi connectivity index (χ3v) is 8.02. The maximum Gasteiger partial charge on any atom is 0.274 e. The van der Waals surface area contributed by atoms with E-state index in [1.54, 1.807) is 24.3 Å². The van der Waals surface area contributed by atoms with Gasteiger partial charge in [0.1, 0.15) is 11.4 Å². The van der Waals surface area contributed by atoms with Gasteiger partial charge in [-0.2, -0.15) is 0 Å². The smallest absolute Gasteiger partial charge is 0.274 e. The van der Waals surface area contributed by atoms with Gasteiger partial charge in [0.25, 0.3) is 11.8 Å². The van der Waals surface area contributed by atoms with Crippen LogP contribution in [0, 0.1) is 24.2 Å². The van der Waals surface area contributed by atoms with Crippen molar-refractivity contribution in [3.8, 4) is 12.8 Å². The number of rotatable bonds is 8. The van der Waals surface area contributed by atoms with Crippen LogP contribution >= 0.6 is 23.2 Å². The Morgan fingerprint density at radius 3 is 2.37 bits per heavy atom. The van der Waals surface area contributed by atoms with Crippen LogP contribution in [0.3, 0.4) is 0 Å². The summed E-state index contributed by atoms with van der Waals surface area (Å²) < 4.78 is 0. The van der Waals surface area contributed by atoms with Crippen molar-refractivity contribution < 1.29 is 9.59 Å². The summed E-state index contributed by atoms with van der Waals surface area (Å²) in [6.45, 7) is 9.12. The minimum Gasteiger partial charge on any atom is -0.368 e. The number of hydrazine groups is 1. The molecular formula is C30H41Cl2N7O2. The molecule has 3 rings (SSSR count). The molecule has 1 spiro atoms. The molecule has 1 aliphatic heterocycles. The van der Waals surface area contributed by atoms with E-state index in [4.69, 9.17) is 39.8 Å². The van der Waals surface area contributed by atoms with E-state index in [2.05, 4.69) is 44.0 Å². The SMILES string of the molecule is C#C.CC/C(Cl)=C\C(=C/CCl)C1=NC2(CCC(C(C)(C)C)CC2)N(Cc2ccc(C(=O)N/C(N)=N/NN)cc2)C1=O. The number of alkyl halides is 1. The highest BCUT2D eigenvalue weighted by Gasteiger charge is 2.50. The number of benzene rings is 1. The van der Waals surface area contributed by atoms with Gasteiger partial charge in [-0.05, 0) is 67.2 Å². The Kier molecular flexibility index (Phi) is 12.4. The van der Waals surface area contributed by atoms with Gasteiger partial charge in [-0.15, -0.1) is 29.5 Å². The maximum absolute atomic E-state index is 13.9. The molecule has 1 aromatic rings. The standard InChI is InChI=1S/C28H39Cl2N7O2.C2H2/c1-5-22(30)16-20(12-15-29)23-25(39)37(28(34-23)13-10-21(11-14-28)27(2,3)4)17-18-6-8-19(9-7-18)24(38)33-26(31)35-36-32;1-2/h6-9,12,16,21,36H,5,10-11,13-15,17,32H2,1-4H3,(H3,31,33,35,38);1-2H/b20-12+,22-16+;. The largest absolute Gasteiger partial charge is 0.368 e. The van der Waals surface area contributed by atoms with E-state index in [0.717, 1.165) is 31.2 Å². The first-order valence-electron chi connectivity index (χ1n) is 13.5. The van der Waals surface area contributed by atoms with Crippen LogP contribution in [0.15, 0.2) is 57.1 Å². The molecule has 1 saturated carbocycles. The van der Waals surface area contributed by atoms with Gasteiger partial charge in [0.05, 0.1) is 0 Å². The van der Waals surface area contributed by atoms with Crippen molar-refractivity contribution >= 4 is 46.7 Å². The van der Waals surface area contributed by atoms with Crippen LogP contribution in [-0.2, 0) is 11.3 Å². The van der Waals surface area contributed by atoms with E-state index in [-0.39, 0.29) is 23.2 Å². The first-order valence-corrected chi connectivity index (χ1v) is 14.4. The highest BCUT2D eigenvalue weighted by Crippen LogP contribution is 2.47. The number of nitrogens with two attached hydrogens (primary N) is 2. The number of hydrogen-bond acceptors (Lipinski definition) is 6. The van der Waals surface area contributed by atoms with Crippen molar-refractivity contribution in [2.45, 2.75) is 72.0 Å². The summed E-state index contributed by atoms with van der Waals surface area (Å²) in [4.78, 5) is 33.4. The Labute approximate surface area is 253 Å². The highest BCUT2D eigenvalue weighted by molar-refractivity contribution is 6.48. The van der Waals surface area contributed by atoms with Crippen molar-refractivity contribution in [2.24, 2.45) is 33.0 Å². The third-order valence-electron chi connectivity index (χ3n) is 7.48. The monoisotopic (exact) mass is 601 g/mol. The molecule has 9 nitrogen and oxygen atoms in total. The lowest BCUT2D eigenvalue weighted by molar-refractivity contribution is -0.130. The van der Waals surface area contributed by atoms with Crippen LogP contribution in [0.4, 0.5) is 0 Å². The lowest BCUT2D eigenvalue weighted by atomic mass is 9.69. The van der Waals surface area contributed by atoms with E-state index in [0.29, 0.717) is 40.8 Å². The second-order valence-electron chi connectivity index (χ2n) is 11.0. The molecule has 6 N–H and O–H groups in total. The zero-order valence-corrected chi connectivity index (χ0v) is 25.7. The van der Waals surface area contributed by atoms with Gasteiger partial charge >= 0.3 is 0 Å². The number of hydrazone groups is 1. The molecule has 11 heteroatoms. The third kappa shape index (κ3) is 8.59. The van der Waals surface area contributed by atoms with E-state index in [1.165, 1.54) is 0 Å². The Morgan fingerprint density at radius 1 is 1.24 bits per heavy atom. The summed E-state index contributed by atoms with van der Waals surface area (Å²) >= 11 is 12.4. The zero-order valence-electron chi connectivity index (χ0n) is 24.2. The summed E-state index contributed by atoms with van der Waals surface area (Å²) in [7, 11) is 0. The van der Waals surface area contributed by atoms with E-state index >= 15 is 0 Å². The molecule has 1 aliphatic carbocycles. The van der Waals surface area contributed by atoms with Gasteiger partial charge < -0.3 is 10.6 Å². The van der Waals surface area contributed by atoms with Crippen LogP contribution in [0.25, 0.3) is 0 Å². The molecule has 222 valence electrons. The fourth-order valence-electron chi connectivity index (χ4n) is 5.18. The summed E-state index contributed by atoms with van der Waals surface area (Å²) in [5, 5.41) is 6.59. The first kappa shape index (κ1) is 33.9. The highest BCUT2D eigenvalue weighted by atomic mass is 35.5. The molecule has 0 unspecified atom stereocenters. The average Bonchev–Trinajstić information content (AvgIpc) is 3.20. The van der Waals surface area contributed by atoms with E-state index in [9.17, 15) is 9.59 Å². The Bertz CT molecular complexity index is 1220. The molecule has 1 fully saturated rings. The number of allylic oxidation sites excluding steroid dienone is 3. The molecule has 41 heavy (non-hydrogen) atoms. The van der Waals surface area contributed by atoms with E-state index in [1.807, 2.05) is 29.5 Å². The molecule has 2 amide bonds. The number of nitrogens with zero attached hydrogens (tertiary/aromatic N) is 3. The maximum atomic E-state index is 13.9. The zero-order chi connectivity index (χ0) is 30.8. The van der Waals surface area contributed by atoms with Crippen molar-refractivity contribution in [3.63, 3.8) is 0 Å². The molecule has 1 heterocycles. The average molecular weight is 603 g/mol. The fraction of sp³-hybridized carbons (Fsp3) is 0.467. The number of halogens is 2. The van der Waals surface area contributed by atoms with Crippen molar-refractivity contribution in [1.82, 2.24) is 15.8 Å². The van der Waals surface area contributed by atoms with Crippen LogP contribution in [0.2, 0.25) is 0 Å². The predicted molar refractivity (Wildman–Crippen MR) is 168 cm³/mol. The molecule has 2 aliphatic rings. The molecule has 1 aromatic carbocycles. The summed E-state index contributed by atoms with van der Waals surface area (Å²) in [5.41, 5.74) is 9.49. The minimum atomic E-state index is -0.637. The minimum absolute atomic E-state index is 0.141. The number of terminal acetylenes is 1. The molecule has 0 radical (unpaired) electrons. The van der Waals surface area contributed by atoms with Crippen LogP contribution < -0.4 is 22.4 Å². The normalized spacial score (nSPS) is 21.7. The van der Waals surface area contributed by atoms with Crippen molar-refractivity contribution in [1.29, 1.82) is 0 Å². The van der Waals surface area contributed by atoms with Gasteiger partial charge in [-0.3, -0.25) is 19.9 Å². The molecule has 0 aromatic heterocycles. The topological polar surface area (TPSA) is 138 Å². The molecule has 0 saturated heterocycles. The van der Waals surface area contributed by atoms with Crippen molar-refractivity contribution in [2.75, 3.05) is 5.88 Å². The lowest BCUT2D eigenvalue weighted by Gasteiger charge is -2.44. The van der Waals surface area contributed by atoms with E-state index < -0.39 is 11.6 Å². The van der Waals surface area contributed by atoms with Crippen molar-refractivity contribution in [3.05, 3.63) is 58.1 Å². The molecular weight excluding hydrogens is 561 g/mol. The lowest BCUT2D eigenvalue weighted by Crippen LogP contribution is -2.49. The number of aliphatic imine (C=N–C) groups is 1. The number of guanidine groups is 1. The summed E-state index contributed by atoms with van der Waals surface area (Å²) in [5.74, 6) is 5.17.